The van der Waals surface area contributed by atoms with Gasteiger partial charge in [-0.15, -0.1) is 0 Å². The lowest BCUT2D eigenvalue weighted by Crippen LogP contribution is -2.23. The molecule has 0 unspecified atom stereocenters. The Morgan fingerprint density at radius 1 is 1.40 bits per heavy atom. The summed E-state index contributed by atoms with van der Waals surface area (Å²) in [6.45, 7) is 0. The third kappa shape index (κ3) is 2.13. The lowest BCUT2D eigenvalue weighted by atomic mass is 10.1. The largest absolute Gasteiger partial charge is 0.286 e. The lowest BCUT2D eigenvalue weighted by Gasteiger charge is -2.10. The highest BCUT2D eigenvalue weighted by molar-refractivity contribution is 9.13. The van der Waals surface area contributed by atoms with Crippen LogP contribution in [0, 0.1) is 0 Å². The molecule has 1 aromatic rings. The fraction of sp³-hybridized carbons (Fsp3) is 0.200. The topological polar surface area (TPSA) is 34.9 Å². The molecule has 0 bridgehead atoms. The summed E-state index contributed by atoms with van der Waals surface area (Å²) >= 11 is 6.48. The normalized spacial score (nSPS) is 15.2. The van der Waals surface area contributed by atoms with Gasteiger partial charge in [0.25, 0.3) is 5.56 Å². The highest BCUT2D eigenvalue weighted by atomic mass is 79.9. The molecular formula is C10H8Br2N2O. The van der Waals surface area contributed by atoms with Crippen molar-refractivity contribution in [1.29, 1.82) is 0 Å². The summed E-state index contributed by atoms with van der Waals surface area (Å²) in [5, 5.41) is 4.09. The number of aromatic nitrogens is 2. The third-order valence-corrected chi connectivity index (χ3v) is 4.04. The minimum Gasteiger partial charge on any atom is -0.266 e. The molecule has 2 rings (SSSR count). The zero-order chi connectivity index (χ0) is 10.8. The summed E-state index contributed by atoms with van der Waals surface area (Å²) in [5.41, 5.74) is 0.793. The van der Waals surface area contributed by atoms with Crippen molar-refractivity contribution < 1.29 is 0 Å². The van der Waals surface area contributed by atoms with Crippen molar-refractivity contribution in [2.45, 2.75) is 12.8 Å². The van der Waals surface area contributed by atoms with E-state index in [-0.39, 0.29) is 5.56 Å². The van der Waals surface area contributed by atoms with E-state index in [0.717, 1.165) is 18.5 Å². The Bertz CT molecular complexity index is 503. The van der Waals surface area contributed by atoms with Gasteiger partial charge < -0.3 is 0 Å². The Morgan fingerprint density at radius 2 is 2.20 bits per heavy atom. The monoisotopic (exact) mass is 330 g/mol. The average molecular weight is 332 g/mol. The number of hydrogen-bond acceptors (Lipinski definition) is 2. The second-order valence-corrected chi connectivity index (χ2v) is 4.80. The van der Waals surface area contributed by atoms with Crippen molar-refractivity contribution >= 4 is 37.6 Å². The molecule has 0 aliphatic heterocycles. The van der Waals surface area contributed by atoms with Gasteiger partial charge in [0, 0.05) is 5.70 Å². The van der Waals surface area contributed by atoms with Gasteiger partial charge in [0.1, 0.15) is 4.47 Å². The van der Waals surface area contributed by atoms with E-state index >= 15 is 0 Å². The molecule has 1 aliphatic rings. The molecule has 0 atom stereocenters. The predicted octanol–water partition coefficient (Wildman–Crippen LogP) is 2.96. The number of hydrogen-bond donors (Lipinski definition) is 0. The molecule has 1 aliphatic carbocycles. The Labute approximate surface area is 104 Å². The quantitative estimate of drug-likeness (QED) is 0.793. The van der Waals surface area contributed by atoms with E-state index in [9.17, 15) is 4.79 Å². The van der Waals surface area contributed by atoms with E-state index in [1.807, 2.05) is 12.2 Å². The molecule has 0 saturated carbocycles. The molecule has 78 valence electrons. The first-order valence-electron chi connectivity index (χ1n) is 4.49. The van der Waals surface area contributed by atoms with Crippen LogP contribution >= 0.6 is 31.9 Å². The third-order valence-electron chi connectivity index (χ3n) is 2.14. The van der Waals surface area contributed by atoms with Crippen molar-refractivity contribution in [1.82, 2.24) is 9.78 Å². The van der Waals surface area contributed by atoms with Gasteiger partial charge in [-0.1, -0.05) is 12.2 Å². The number of allylic oxidation sites excluding steroid dienone is 4. The van der Waals surface area contributed by atoms with Crippen molar-refractivity contribution in [3.63, 3.8) is 0 Å². The van der Waals surface area contributed by atoms with Gasteiger partial charge in [0.2, 0.25) is 0 Å². The van der Waals surface area contributed by atoms with Crippen LogP contribution in [-0.4, -0.2) is 9.78 Å². The summed E-state index contributed by atoms with van der Waals surface area (Å²) in [4.78, 5) is 11.8. The summed E-state index contributed by atoms with van der Waals surface area (Å²) in [6, 6.07) is 0. The SMILES string of the molecule is O=c1c(Br)c(Br)cnn1C1=CC=CCC1. The first kappa shape index (κ1) is 10.8. The number of halogens is 2. The fourth-order valence-corrected chi connectivity index (χ4v) is 1.92. The van der Waals surface area contributed by atoms with Crippen molar-refractivity contribution in [3.05, 3.63) is 43.7 Å². The van der Waals surface area contributed by atoms with E-state index in [0.29, 0.717) is 8.95 Å². The minimum atomic E-state index is -0.133. The van der Waals surface area contributed by atoms with Crippen LogP contribution in [0.25, 0.3) is 5.70 Å². The van der Waals surface area contributed by atoms with E-state index in [2.05, 4.69) is 43.0 Å². The molecular weight excluding hydrogens is 324 g/mol. The van der Waals surface area contributed by atoms with Crippen LogP contribution in [0.1, 0.15) is 12.8 Å². The van der Waals surface area contributed by atoms with Crippen LogP contribution in [0.5, 0.6) is 0 Å². The Balaban J connectivity index is 2.54. The van der Waals surface area contributed by atoms with Crippen LogP contribution in [0.15, 0.2) is 38.2 Å². The predicted molar refractivity (Wildman–Crippen MR) is 66.5 cm³/mol. The number of rotatable bonds is 1. The van der Waals surface area contributed by atoms with Gasteiger partial charge in [0.15, 0.2) is 0 Å². The molecule has 15 heavy (non-hydrogen) atoms. The molecule has 0 fully saturated rings. The molecule has 0 spiro atoms. The Morgan fingerprint density at radius 3 is 2.87 bits per heavy atom. The van der Waals surface area contributed by atoms with Crippen LogP contribution in [0.2, 0.25) is 0 Å². The average Bonchev–Trinajstić information content (AvgIpc) is 2.27. The van der Waals surface area contributed by atoms with Crippen LogP contribution in [-0.2, 0) is 0 Å². The van der Waals surface area contributed by atoms with Gasteiger partial charge >= 0.3 is 0 Å². The summed E-state index contributed by atoms with van der Waals surface area (Å²) in [6.07, 6.45) is 9.35. The highest BCUT2D eigenvalue weighted by Gasteiger charge is 2.10. The summed E-state index contributed by atoms with van der Waals surface area (Å²) in [7, 11) is 0. The molecule has 1 aromatic heterocycles. The molecule has 0 saturated heterocycles. The maximum absolute atomic E-state index is 11.8. The zero-order valence-corrected chi connectivity index (χ0v) is 11.0. The number of nitrogens with zero attached hydrogens (tertiary/aromatic N) is 2. The lowest BCUT2D eigenvalue weighted by molar-refractivity contribution is 0.773. The smallest absolute Gasteiger partial charge is 0.266 e. The Hall–Kier alpha value is -0.680. The molecule has 3 nitrogen and oxygen atoms in total. The van der Waals surface area contributed by atoms with Crippen molar-refractivity contribution in [2.24, 2.45) is 0 Å². The second-order valence-electron chi connectivity index (χ2n) is 3.15. The summed E-state index contributed by atoms with van der Waals surface area (Å²) < 4.78 is 2.61. The minimum absolute atomic E-state index is 0.133. The standard InChI is InChI=1S/C10H8Br2N2O/c11-8-6-13-14(10(15)9(8)12)7-4-2-1-3-5-7/h1-2,4,6H,3,5H2. The van der Waals surface area contributed by atoms with E-state index in [4.69, 9.17) is 0 Å². The van der Waals surface area contributed by atoms with Gasteiger partial charge in [-0.3, -0.25) is 4.79 Å². The molecule has 1 heterocycles. The van der Waals surface area contributed by atoms with E-state index < -0.39 is 0 Å². The van der Waals surface area contributed by atoms with Crippen LogP contribution in [0.4, 0.5) is 0 Å². The van der Waals surface area contributed by atoms with Crippen molar-refractivity contribution in [3.8, 4) is 0 Å². The molecule has 0 radical (unpaired) electrons. The van der Waals surface area contributed by atoms with Gasteiger partial charge in [-0.05, 0) is 50.8 Å². The van der Waals surface area contributed by atoms with E-state index in [1.165, 1.54) is 4.68 Å². The fourth-order valence-electron chi connectivity index (χ4n) is 1.38. The van der Waals surface area contributed by atoms with Crippen LogP contribution in [0.3, 0.4) is 0 Å². The zero-order valence-electron chi connectivity index (χ0n) is 7.78. The highest BCUT2D eigenvalue weighted by Crippen LogP contribution is 2.19. The molecule has 5 heteroatoms. The summed E-state index contributed by atoms with van der Waals surface area (Å²) in [5.74, 6) is 0. The van der Waals surface area contributed by atoms with Crippen LogP contribution < -0.4 is 5.56 Å². The first-order valence-corrected chi connectivity index (χ1v) is 6.08. The molecule has 0 aromatic carbocycles. The van der Waals surface area contributed by atoms with Gasteiger partial charge in [-0.2, -0.15) is 5.10 Å². The van der Waals surface area contributed by atoms with Gasteiger partial charge in [-0.25, -0.2) is 4.68 Å². The van der Waals surface area contributed by atoms with Crippen molar-refractivity contribution in [2.75, 3.05) is 0 Å². The first-order chi connectivity index (χ1) is 7.20. The van der Waals surface area contributed by atoms with E-state index in [1.54, 1.807) is 6.20 Å². The van der Waals surface area contributed by atoms with Gasteiger partial charge in [0.05, 0.1) is 10.7 Å². The maximum Gasteiger partial charge on any atom is 0.286 e. The maximum atomic E-state index is 11.8. The Kier molecular flexibility index (Phi) is 3.21. The second kappa shape index (κ2) is 4.45. The molecule has 0 amide bonds. The molecule has 0 N–H and O–H groups in total.